The van der Waals surface area contributed by atoms with Crippen molar-refractivity contribution in [1.29, 1.82) is 0 Å². The Morgan fingerprint density at radius 1 is 1.21 bits per heavy atom. The van der Waals surface area contributed by atoms with Crippen molar-refractivity contribution in [3.63, 3.8) is 0 Å². The number of aliphatic carboxylic acids is 1. The lowest BCUT2D eigenvalue weighted by Crippen LogP contribution is -2.42. The third kappa shape index (κ3) is 4.38. The number of carboxylic acids is 1. The lowest BCUT2D eigenvalue weighted by atomic mass is 10.0. The topological polar surface area (TPSA) is 92.2 Å². The number of rotatable bonds is 6. The molecule has 126 valence electrons. The van der Waals surface area contributed by atoms with E-state index in [-0.39, 0.29) is 11.5 Å². The highest BCUT2D eigenvalue weighted by atomic mass is 16.4. The van der Waals surface area contributed by atoms with Gasteiger partial charge in [0.05, 0.1) is 11.3 Å². The van der Waals surface area contributed by atoms with E-state index in [0.29, 0.717) is 17.9 Å². The standard InChI is InChI=1S/C18H21N3O3/c1-11(2)9-15(18(23)24)21-17(22)14-10-19-16(20-12(14)3)13-7-5-4-6-8-13/h4-8,10-11,15H,9H2,1-3H3,(H,21,22)(H,23,24). The zero-order chi connectivity index (χ0) is 17.7. The van der Waals surface area contributed by atoms with Gasteiger partial charge in [-0.1, -0.05) is 44.2 Å². The molecule has 6 nitrogen and oxygen atoms in total. The van der Waals surface area contributed by atoms with E-state index >= 15 is 0 Å². The molecule has 2 aromatic rings. The van der Waals surface area contributed by atoms with Crippen molar-refractivity contribution in [3.05, 3.63) is 47.8 Å². The molecule has 24 heavy (non-hydrogen) atoms. The fraction of sp³-hybridized carbons (Fsp3) is 0.333. The molecule has 0 aliphatic carbocycles. The first-order valence-corrected chi connectivity index (χ1v) is 7.81. The highest BCUT2D eigenvalue weighted by Crippen LogP contribution is 2.16. The first kappa shape index (κ1) is 17.6. The highest BCUT2D eigenvalue weighted by Gasteiger charge is 2.23. The number of aromatic nitrogens is 2. The van der Waals surface area contributed by atoms with Gasteiger partial charge in [-0.3, -0.25) is 4.79 Å². The summed E-state index contributed by atoms with van der Waals surface area (Å²) in [7, 11) is 0. The summed E-state index contributed by atoms with van der Waals surface area (Å²) in [6.45, 7) is 5.53. The van der Waals surface area contributed by atoms with Crippen molar-refractivity contribution < 1.29 is 14.7 Å². The molecule has 0 aliphatic heterocycles. The van der Waals surface area contributed by atoms with Crippen LogP contribution in [0.5, 0.6) is 0 Å². The Hall–Kier alpha value is -2.76. The van der Waals surface area contributed by atoms with Crippen molar-refractivity contribution in [2.75, 3.05) is 0 Å². The molecule has 0 fully saturated rings. The Labute approximate surface area is 141 Å². The molecular weight excluding hydrogens is 306 g/mol. The summed E-state index contributed by atoms with van der Waals surface area (Å²) in [6, 6.07) is 8.52. The monoisotopic (exact) mass is 327 g/mol. The van der Waals surface area contributed by atoms with E-state index in [1.54, 1.807) is 6.92 Å². The van der Waals surface area contributed by atoms with Crippen molar-refractivity contribution in [3.8, 4) is 11.4 Å². The minimum absolute atomic E-state index is 0.157. The van der Waals surface area contributed by atoms with Gasteiger partial charge in [0.25, 0.3) is 5.91 Å². The van der Waals surface area contributed by atoms with Crippen LogP contribution in [0.1, 0.15) is 36.3 Å². The minimum atomic E-state index is -1.04. The molecule has 6 heteroatoms. The van der Waals surface area contributed by atoms with Gasteiger partial charge in [0, 0.05) is 11.8 Å². The smallest absolute Gasteiger partial charge is 0.326 e. The van der Waals surface area contributed by atoms with Crippen LogP contribution < -0.4 is 5.32 Å². The Bertz CT molecular complexity index is 730. The number of carbonyl (C=O) groups excluding carboxylic acids is 1. The highest BCUT2D eigenvalue weighted by molar-refractivity contribution is 5.97. The third-order valence-electron chi connectivity index (χ3n) is 3.57. The van der Waals surface area contributed by atoms with Gasteiger partial charge in [-0.15, -0.1) is 0 Å². The lowest BCUT2D eigenvalue weighted by Gasteiger charge is -2.17. The number of carboxylic acid groups (broad SMARTS) is 1. The second kappa shape index (κ2) is 7.68. The van der Waals surface area contributed by atoms with Gasteiger partial charge >= 0.3 is 5.97 Å². The molecule has 1 atom stereocenters. The van der Waals surface area contributed by atoms with Crippen LogP contribution in [0.25, 0.3) is 11.4 Å². The number of amides is 1. The first-order chi connectivity index (χ1) is 11.4. The SMILES string of the molecule is Cc1nc(-c2ccccc2)ncc1C(=O)NC(CC(C)C)C(=O)O. The summed E-state index contributed by atoms with van der Waals surface area (Å²) in [5.41, 5.74) is 1.65. The van der Waals surface area contributed by atoms with Crippen LogP contribution in [0.15, 0.2) is 36.5 Å². The van der Waals surface area contributed by atoms with E-state index in [2.05, 4.69) is 15.3 Å². The van der Waals surface area contributed by atoms with Gasteiger partial charge in [0.15, 0.2) is 5.82 Å². The van der Waals surface area contributed by atoms with E-state index in [4.69, 9.17) is 0 Å². The maximum absolute atomic E-state index is 12.4. The van der Waals surface area contributed by atoms with Crippen LogP contribution in [0.3, 0.4) is 0 Å². The quantitative estimate of drug-likeness (QED) is 0.851. The maximum Gasteiger partial charge on any atom is 0.326 e. The normalized spacial score (nSPS) is 12.0. The predicted molar refractivity (Wildman–Crippen MR) is 90.6 cm³/mol. The largest absolute Gasteiger partial charge is 0.480 e. The maximum atomic E-state index is 12.4. The van der Waals surface area contributed by atoms with Gasteiger partial charge in [-0.05, 0) is 19.3 Å². The van der Waals surface area contributed by atoms with Gasteiger partial charge in [0.1, 0.15) is 6.04 Å². The second-order valence-corrected chi connectivity index (χ2v) is 6.05. The number of carbonyl (C=O) groups is 2. The Morgan fingerprint density at radius 3 is 2.42 bits per heavy atom. The molecule has 0 saturated heterocycles. The zero-order valence-corrected chi connectivity index (χ0v) is 14.0. The molecule has 1 aromatic carbocycles. The zero-order valence-electron chi connectivity index (χ0n) is 14.0. The Kier molecular flexibility index (Phi) is 5.63. The molecule has 0 spiro atoms. The summed E-state index contributed by atoms with van der Waals surface area (Å²) in [5, 5.41) is 11.8. The summed E-state index contributed by atoms with van der Waals surface area (Å²) in [4.78, 5) is 32.2. The lowest BCUT2D eigenvalue weighted by molar-refractivity contribution is -0.139. The number of nitrogens with zero attached hydrogens (tertiary/aromatic N) is 2. The first-order valence-electron chi connectivity index (χ1n) is 7.81. The molecule has 1 aromatic heterocycles. The van der Waals surface area contributed by atoms with Crippen molar-refractivity contribution in [2.24, 2.45) is 5.92 Å². The Balaban J connectivity index is 2.19. The minimum Gasteiger partial charge on any atom is -0.480 e. The van der Waals surface area contributed by atoms with E-state index in [1.165, 1.54) is 6.20 Å². The number of nitrogens with one attached hydrogen (secondary N) is 1. The number of benzene rings is 1. The fourth-order valence-corrected chi connectivity index (χ4v) is 2.35. The third-order valence-corrected chi connectivity index (χ3v) is 3.57. The average molecular weight is 327 g/mol. The van der Waals surface area contributed by atoms with Crippen LogP contribution in [-0.4, -0.2) is 33.0 Å². The molecule has 1 unspecified atom stereocenters. The van der Waals surface area contributed by atoms with Crippen molar-refractivity contribution in [1.82, 2.24) is 15.3 Å². The summed E-state index contributed by atoms with van der Waals surface area (Å²) in [6.07, 6.45) is 1.80. The van der Waals surface area contributed by atoms with E-state index in [0.717, 1.165) is 5.56 Å². The number of hydrogen-bond donors (Lipinski definition) is 2. The molecule has 0 aliphatic rings. The molecule has 0 saturated carbocycles. The van der Waals surface area contributed by atoms with Crippen molar-refractivity contribution >= 4 is 11.9 Å². The summed E-state index contributed by atoms with van der Waals surface area (Å²) in [5.74, 6) is -0.831. The summed E-state index contributed by atoms with van der Waals surface area (Å²) >= 11 is 0. The van der Waals surface area contributed by atoms with E-state index in [1.807, 2.05) is 44.2 Å². The second-order valence-electron chi connectivity index (χ2n) is 6.05. The number of hydrogen-bond acceptors (Lipinski definition) is 4. The van der Waals surface area contributed by atoms with Crippen LogP contribution in [0, 0.1) is 12.8 Å². The Morgan fingerprint density at radius 2 is 1.88 bits per heavy atom. The number of aryl methyl sites for hydroxylation is 1. The van der Waals surface area contributed by atoms with Crippen molar-refractivity contribution in [2.45, 2.75) is 33.2 Å². The van der Waals surface area contributed by atoms with Crippen LogP contribution in [0.2, 0.25) is 0 Å². The van der Waals surface area contributed by atoms with Crippen LogP contribution >= 0.6 is 0 Å². The van der Waals surface area contributed by atoms with Gasteiger partial charge < -0.3 is 10.4 Å². The average Bonchev–Trinajstić information content (AvgIpc) is 2.54. The molecular formula is C18H21N3O3. The van der Waals surface area contributed by atoms with E-state index in [9.17, 15) is 14.7 Å². The molecule has 0 radical (unpaired) electrons. The molecule has 0 bridgehead atoms. The molecule has 2 rings (SSSR count). The molecule has 1 amide bonds. The van der Waals surface area contributed by atoms with E-state index < -0.39 is 17.9 Å². The predicted octanol–water partition coefficient (Wildman–Crippen LogP) is 2.68. The fourth-order valence-electron chi connectivity index (χ4n) is 2.35. The van der Waals surface area contributed by atoms with Gasteiger partial charge in [-0.25, -0.2) is 14.8 Å². The molecule has 1 heterocycles. The van der Waals surface area contributed by atoms with Gasteiger partial charge in [-0.2, -0.15) is 0 Å². The van der Waals surface area contributed by atoms with Crippen LogP contribution in [-0.2, 0) is 4.79 Å². The molecule has 2 N–H and O–H groups in total. The van der Waals surface area contributed by atoms with Crippen LogP contribution in [0.4, 0.5) is 0 Å². The summed E-state index contributed by atoms with van der Waals surface area (Å²) < 4.78 is 0. The van der Waals surface area contributed by atoms with Gasteiger partial charge in [0.2, 0.25) is 0 Å².